The van der Waals surface area contributed by atoms with Gasteiger partial charge in [0.05, 0.1) is 0 Å². The van der Waals surface area contributed by atoms with Gasteiger partial charge in [0, 0.05) is 0 Å². The molecular formula is C3H4O2Te. The third-order valence-electron chi connectivity index (χ3n) is 0.258. The maximum absolute atomic E-state index is 9.57. The first-order chi connectivity index (χ1) is 2.77. The third-order valence-corrected chi connectivity index (χ3v) is 0.734. The van der Waals surface area contributed by atoms with Crippen molar-refractivity contribution in [3.05, 3.63) is 0 Å². The zero-order chi connectivity index (χ0) is 4.99. The van der Waals surface area contributed by atoms with E-state index in [1.54, 1.807) is 25.9 Å². The summed E-state index contributed by atoms with van der Waals surface area (Å²) < 4.78 is 1.61. The molecule has 0 bridgehead atoms. The van der Waals surface area contributed by atoms with E-state index in [1.807, 2.05) is 0 Å². The molecule has 0 saturated heterocycles. The molecule has 0 rings (SSSR count). The number of aliphatic carboxylic acids is 1. The van der Waals surface area contributed by atoms with E-state index in [1.165, 1.54) is 0 Å². The Balaban J connectivity index is 3.05. The molecule has 0 heterocycles. The van der Waals surface area contributed by atoms with E-state index in [0.717, 1.165) is 0 Å². The van der Waals surface area contributed by atoms with Gasteiger partial charge in [-0.25, -0.2) is 0 Å². The summed E-state index contributed by atoms with van der Waals surface area (Å²) >= 11 is 1.66. The first-order valence-corrected chi connectivity index (χ1v) is 2.77. The number of carboxylic acids is 1. The summed E-state index contributed by atoms with van der Waals surface area (Å²) in [6.45, 7) is 0. The number of rotatable bonds is 2. The molecule has 0 unspecified atom stereocenters. The zero-order valence-electron chi connectivity index (χ0n) is 3.05. The molecule has 0 aliphatic heterocycles. The van der Waals surface area contributed by atoms with Crippen molar-refractivity contribution in [3.63, 3.8) is 0 Å². The van der Waals surface area contributed by atoms with Crippen molar-refractivity contribution >= 4 is 31.8 Å². The van der Waals surface area contributed by atoms with Crippen molar-refractivity contribution < 1.29 is 9.90 Å². The third kappa shape index (κ3) is 4.13. The van der Waals surface area contributed by atoms with Crippen molar-refractivity contribution in [2.24, 2.45) is 0 Å². The molecule has 0 saturated carbocycles. The quantitative estimate of drug-likeness (QED) is 0.605. The van der Waals surface area contributed by atoms with E-state index in [9.17, 15) is 4.79 Å². The Morgan fingerprint density at radius 1 is 2.00 bits per heavy atom. The van der Waals surface area contributed by atoms with E-state index in [2.05, 4.69) is 0 Å². The van der Waals surface area contributed by atoms with Crippen LogP contribution in [-0.4, -0.2) is 37.0 Å². The molecule has 0 aliphatic rings. The Labute approximate surface area is 48.6 Å². The van der Waals surface area contributed by atoms with Gasteiger partial charge >= 0.3 is 48.2 Å². The summed E-state index contributed by atoms with van der Waals surface area (Å²) in [6.07, 6.45) is 0.171. The number of hydrogen-bond donors (Lipinski definition) is 1. The Morgan fingerprint density at radius 2 is 2.50 bits per heavy atom. The Hall–Kier alpha value is 0.130. The number of carbonyl (C=O) groups is 1. The monoisotopic (exact) mass is 202 g/mol. The maximum atomic E-state index is 9.57. The Morgan fingerprint density at radius 3 is 2.50 bits per heavy atom. The molecule has 0 fully saturated rings. The average Bonchev–Trinajstić information content (AvgIpc) is 1.35. The van der Waals surface area contributed by atoms with E-state index in [0.29, 0.717) is 0 Å². The van der Waals surface area contributed by atoms with Crippen molar-refractivity contribution in [3.8, 4) is 0 Å². The molecule has 0 radical (unpaired) electrons. The van der Waals surface area contributed by atoms with E-state index in [-0.39, 0.29) is 6.42 Å². The molecule has 6 heavy (non-hydrogen) atoms. The molecule has 0 aliphatic carbocycles. The zero-order valence-corrected chi connectivity index (χ0v) is 5.38. The summed E-state index contributed by atoms with van der Waals surface area (Å²) in [6, 6.07) is 0. The molecule has 0 spiro atoms. The fourth-order valence-corrected chi connectivity index (χ4v) is 0.478. The summed E-state index contributed by atoms with van der Waals surface area (Å²) in [5.41, 5.74) is 0. The molecule has 0 atom stereocenters. The predicted octanol–water partition coefficient (Wildman–Crippen LogP) is -0.568. The van der Waals surface area contributed by atoms with Crippen LogP contribution in [-0.2, 0) is 4.79 Å². The molecule has 0 aromatic carbocycles. The van der Waals surface area contributed by atoms with Crippen LogP contribution in [0.2, 0.25) is 0 Å². The Bertz CT molecular complexity index is 69.2. The van der Waals surface area contributed by atoms with Crippen LogP contribution in [0.25, 0.3) is 0 Å². The summed E-state index contributed by atoms with van der Waals surface area (Å²) in [5, 5.41) is 7.88. The van der Waals surface area contributed by atoms with Gasteiger partial charge in [0.15, 0.2) is 0 Å². The SMILES string of the molecule is O=C(O)CC=[Te]. The van der Waals surface area contributed by atoms with Crippen molar-refractivity contribution in [1.82, 2.24) is 0 Å². The number of carboxylic acid groups (broad SMARTS) is 1. The average molecular weight is 200 g/mol. The fraction of sp³-hybridized carbons (Fsp3) is 0.333. The van der Waals surface area contributed by atoms with Gasteiger partial charge in [0.2, 0.25) is 0 Å². The first-order valence-electron chi connectivity index (χ1n) is 1.43. The van der Waals surface area contributed by atoms with Gasteiger partial charge in [0.25, 0.3) is 0 Å². The molecule has 0 aromatic rings. The second-order valence-electron chi connectivity index (χ2n) is 0.765. The van der Waals surface area contributed by atoms with Crippen LogP contribution in [0.5, 0.6) is 0 Å². The van der Waals surface area contributed by atoms with E-state index < -0.39 is 5.97 Å². The van der Waals surface area contributed by atoms with Crippen LogP contribution in [0, 0.1) is 0 Å². The van der Waals surface area contributed by atoms with E-state index >= 15 is 0 Å². The van der Waals surface area contributed by atoms with Crippen molar-refractivity contribution in [2.75, 3.05) is 0 Å². The van der Waals surface area contributed by atoms with Crippen LogP contribution in [0.4, 0.5) is 0 Å². The van der Waals surface area contributed by atoms with Crippen LogP contribution >= 0.6 is 0 Å². The van der Waals surface area contributed by atoms with Gasteiger partial charge in [-0.05, 0) is 0 Å². The number of hydrogen-bond acceptors (Lipinski definition) is 1. The van der Waals surface area contributed by atoms with Gasteiger partial charge in [-0.3, -0.25) is 0 Å². The molecule has 34 valence electrons. The molecular weight excluding hydrogens is 196 g/mol. The standard InChI is InChI=1S/C3H4O2Te/c4-3(5)1-2-6/h2H,1H2,(H,4,5). The predicted molar refractivity (Wildman–Crippen MR) is 24.1 cm³/mol. The van der Waals surface area contributed by atoms with Gasteiger partial charge in [0.1, 0.15) is 0 Å². The minimum absolute atomic E-state index is 0.171. The molecule has 0 amide bonds. The first kappa shape index (κ1) is 6.13. The van der Waals surface area contributed by atoms with Crippen LogP contribution in [0.15, 0.2) is 0 Å². The van der Waals surface area contributed by atoms with E-state index in [4.69, 9.17) is 5.11 Å². The molecule has 3 heteroatoms. The molecule has 0 aromatic heterocycles. The molecule has 1 N–H and O–H groups in total. The van der Waals surface area contributed by atoms with Gasteiger partial charge < -0.3 is 0 Å². The normalized spacial score (nSPS) is 7.33. The Kier molecular flexibility index (Phi) is 3.40. The molecule has 2 nitrogen and oxygen atoms in total. The summed E-state index contributed by atoms with van der Waals surface area (Å²) in [5.74, 6) is -0.764. The fourth-order valence-electron chi connectivity index (χ4n) is 0.0713. The summed E-state index contributed by atoms with van der Waals surface area (Å²) in [4.78, 5) is 9.57. The topological polar surface area (TPSA) is 37.3 Å². The summed E-state index contributed by atoms with van der Waals surface area (Å²) in [7, 11) is 0. The second-order valence-corrected chi connectivity index (χ2v) is 1.72. The van der Waals surface area contributed by atoms with Gasteiger partial charge in [-0.1, -0.05) is 0 Å². The minimum atomic E-state index is -0.764. The second kappa shape index (κ2) is 3.32. The van der Waals surface area contributed by atoms with Crippen molar-refractivity contribution in [2.45, 2.75) is 6.42 Å². The van der Waals surface area contributed by atoms with Crippen molar-refractivity contribution in [1.29, 1.82) is 0 Å². The van der Waals surface area contributed by atoms with Gasteiger partial charge in [-0.2, -0.15) is 0 Å². The van der Waals surface area contributed by atoms with Crippen LogP contribution in [0.3, 0.4) is 0 Å². The van der Waals surface area contributed by atoms with Crippen LogP contribution < -0.4 is 0 Å². The van der Waals surface area contributed by atoms with Gasteiger partial charge in [-0.15, -0.1) is 0 Å². The van der Waals surface area contributed by atoms with Crippen LogP contribution in [0.1, 0.15) is 6.42 Å².